The largest absolute Gasteiger partial charge is 0.490 e. The lowest BCUT2D eigenvalue weighted by atomic mass is 10.2. The molecule has 0 saturated carbocycles. The monoisotopic (exact) mass is 428 g/mol. The molecule has 0 atom stereocenters. The number of ether oxygens (including phenoxy) is 1. The summed E-state index contributed by atoms with van der Waals surface area (Å²) in [5, 5.41) is 12.3. The molecule has 1 aromatic carbocycles. The van der Waals surface area contributed by atoms with Crippen LogP contribution in [0, 0.1) is 0 Å². The Hall–Kier alpha value is -2.67. The van der Waals surface area contributed by atoms with Gasteiger partial charge < -0.3 is 15.2 Å². The van der Waals surface area contributed by atoms with Gasteiger partial charge in [-0.05, 0) is 53.6 Å². The summed E-state index contributed by atoms with van der Waals surface area (Å²) in [6, 6.07) is 13.4. The minimum atomic E-state index is -0.199. The molecule has 5 nitrogen and oxygen atoms in total. The van der Waals surface area contributed by atoms with E-state index >= 15 is 0 Å². The van der Waals surface area contributed by atoms with Crippen molar-refractivity contribution in [3.8, 4) is 16.2 Å². The Morgan fingerprint density at radius 2 is 2.17 bits per heavy atom. The van der Waals surface area contributed by atoms with E-state index in [1.807, 2.05) is 42.5 Å². The molecule has 150 valence electrons. The lowest BCUT2D eigenvalue weighted by Crippen LogP contribution is -2.26. The van der Waals surface area contributed by atoms with Gasteiger partial charge in [-0.1, -0.05) is 17.7 Å². The zero-order chi connectivity index (χ0) is 20.5. The number of benzene rings is 1. The van der Waals surface area contributed by atoms with Gasteiger partial charge in [0.1, 0.15) is 12.4 Å². The maximum absolute atomic E-state index is 11.8. The molecule has 0 aliphatic heterocycles. The first-order valence-corrected chi connectivity index (χ1v) is 10.3. The number of carbonyl (C=O) groups is 1. The summed E-state index contributed by atoms with van der Waals surface area (Å²) in [6.07, 6.45) is 7.19. The van der Waals surface area contributed by atoms with Gasteiger partial charge in [0.25, 0.3) is 0 Å². The van der Waals surface area contributed by atoms with Gasteiger partial charge in [0.2, 0.25) is 5.91 Å². The average molecular weight is 429 g/mol. The molecule has 0 radical (unpaired) electrons. The molecule has 29 heavy (non-hydrogen) atoms. The summed E-state index contributed by atoms with van der Waals surface area (Å²) >= 11 is 7.98. The van der Waals surface area contributed by atoms with E-state index in [0.29, 0.717) is 30.3 Å². The van der Waals surface area contributed by atoms with Crippen LogP contribution in [0.2, 0.25) is 5.02 Å². The third kappa shape index (κ3) is 6.42. The van der Waals surface area contributed by atoms with E-state index in [0.717, 1.165) is 20.9 Å². The number of aliphatic hydroxyl groups excluding tert-OH is 1. The molecule has 0 unspecified atom stereocenters. The van der Waals surface area contributed by atoms with Gasteiger partial charge in [0.05, 0.1) is 11.6 Å². The lowest BCUT2D eigenvalue weighted by molar-refractivity contribution is -0.116. The Bertz CT molecular complexity index is 973. The van der Waals surface area contributed by atoms with E-state index in [2.05, 4.69) is 10.3 Å². The molecule has 0 bridgehead atoms. The van der Waals surface area contributed by atoms with Crippen LogP contribution in [0.25, 0.3) is 16.5 Å². The van der Waals surface area contributed by atoms with Gasteiger partial charge >= 0.3 is 0 Å². The second kappa shape index (κ2) is 10.8. The summed E-state index contributed by atoms with van der Waals surface area (Å²) in [7, 11) is 0. The predicted molar refractivity (Wildman–Crippen MR) is 117 cm³/mol. The predicted octanol–water partition coefficient (Wildman–Crippen LogP) is 4.21. The Labute approximate surface area is 178 Å². The number of carbonyl (C=O) groups excluding carboxylic acids is 1. The summed E-state index contributed by atoms with van der Waals surface area (Å²) in [5.41, 5.74) is 1.87. The molecule has 3 rings (SSSR count). The zero-order valence-electron chi connectivity index (χ0n) is 15.7. The van der Waals surface area contributed by atoms with Crippen molar-refractivity contribution in [3.05, 3.63) is 76.4 Å². The highest BCUT2D eigenvalue weighted by atomic mass is 35.5. The summed E-state index contributed by atoms with van der Waals surface area (Å²) in [4.78, 5) is 18.0. The number of hydrogen-bond acceptors (Lipinski definition) is 5. The van der Waals surface area contributed by atoms with Crippen molar-refractivity contribution in [1.29, 1.82) is 0 Å². The van der Waals surface area contributed by atoms with E-state index in [4.69, 9.17) is 21.4 Å². The van der Waals surface area contributed by atoms with Crippen molar-refractivity contribution in [2.45, 2.75) is 6.42 Å². The normalized spacial score (nSPS) is 11.0. The third-order valence-electron chi connectivity index (χ3n) is 4.01. The van der Waals surface area contributed by atoms with Crippen LogP contribution >= 0.6 is 22.9 Å². The van der Waals surface area contributed by atoms with Crippen LogP contribution in [0.1, 0.15) is 10.4 Å². The first-order chi connectivity index (χ1) is 14.2. The van der Waals surface area contributed by atoms with Crippen molar-refractivity contribution in [1.82, 2.24) is 10.3 Å². The van der Waals surface area contributed by atoms with Crippen molar-refractivity contribution in [2.24, 2.45) is 0 Å². The number of amides is 1. The smallest absolute Gasteiger partial charge is 0.244 e. The van der Waals surface area contributed by atoms with E-state index in [9.17, 15) is 4.79 Å². The van der Waals surface area contributed by atoms with Crippen molar-refractivity contribution >= 4 is 34.9 Å². The minimum absolute atomic E-state index is 0.142. The van der Waals surface area contributed by atoms with Crippen LogP contribution in [0.4, 0.5) is 0 Å². The number of nitrogens with one attached hydrogen (secondary N) is 1. The van der Waals surface area contributed by atoms with E-state index in [-0.39, 0.29) is 12.5 Å². The standard InChI is InChI=1S/C22H21ClN2O3S/c23-19-14-17(21-7-5-18(29-21)9-12-26)4-6-20(19)28-13-11-25-22(27)8-3-16-2-1-10-24-15-16/h1-8,10,14-15,26H,9,11-13H2,(H,25,27)/b8-3+. The Balaban J connectivity index is 1.47. The second-order valence-electron chi connectivity index (χ2n) is 6.14. The molecule has 0 fully saturated rings. The quantitative estimate of drug-likeness (QED) is 0.395. The Kier molecular flexibility index (Phi) is 7.81. The van der Waals surface area contributed by atoms with Gasteiger partial charge in [-0.3, -0.25) is 9.78 Å². The molecule has 2 heterocycles. The average Bonchev–Trinajstić information content (AvgIpc) is 3.20. The number of thiophene rings is 1. The second-order valence-corrected chi connectivity index (χ2v) is 7.72. The lowest BCUT2D eigenvalue weighted by Gasteiger charge is -2.09. The molecule has 0 aliphatic carbocycles. The summed E-state index contributed by atoms with van der Waals surface area (Å²) < 4.78 is 5.67. The molecule has 0 saturated heterocycles. The third-order valence-corrected chi connectivity index (χ3v) is 5.50. The van der Waals surface area contributed by atoms with Crippen LogP contribution in [0.3, 0.4) is 0 Å². The van der Waals surface area contributed by atoms with E-state index in [1.54, 1.807) is 29.8 Å². The van der Waals surface area contributed by atoms with Gasteiger partial charge in [0, 0.05) is 41.3 Å². The van der Waals surface area contributed by atoms with E-state index < -0.39 is 0 Å². The van der Waals surface area contributed by atoms with E-state index in [1.165, 1.54) is 6.08 Å². The number of rotatable bonds is 9. The minimum Gasteiger partial charge on any atom is -0.490 e. The fourth-order valence-corrected chi connectivity index (χ4v) is 3.82. The number of pyridine rings is 1. The number of aromatic nitrogens is 1. The molecular formula is C22H21ClN2O3S. The molecule has 0 spiro atoms. The molecule has 2 aromatic heterocycles. The number of hydrogen-bond donors (Lipinski definition) is 2. The highest BCUT2D eigenvalue weighted by Gasteiger charge is 2.07. The molecule has 7 heteroatoms. The number of halogens is 1. The van der Waals surface area contributed by atoms with Gasteiger partial charge in [-0.15, -0.1) is 11.3 Å². The maximum Gasteiger partial charge on any atom is 0.244 e. The van der Waals surface area contributed by atoms with Crippen LogP contribution in [-0.2, 0) is 11.2 Å². The molecule has 1 amide bonds. The highest BCUT2D eigenvalue weighted by molar-refractivity contribution is 7.15. The SMILES string of the molecule is O=C(/C=C/c1cccnc1)NCCOc1ccc(-c2ccc(CCO)s2)cc1Cl. The Morgan fingerprint density at radius 3 is 2.93 bits per heavy atom. The van der Waals surface area contributed by atoms with Gasteiger partial charge in [0.15, 0.2) is 0 Å². The fraction of sp³-hybridized carbons (Fsp3) is 0.182. The van der Waals surface area contributed by atoms with Gasteiger partial charge in [-0.2, -0.15) is 0 Å². The molecule has 3 aromatic rings. The highest BCUT2D eigenvalue weighted by Crippen LogP contribution is 2.34. The van der Waals surface area contributed by atoms with Crippen LogP contribution in [0.15, 0.2) is 60.9 Å². The first kappa shape index (κ1) is 21.0. The number of aliphatic hydroxyl groups is 1. The summed E-state index contributed by atoms with van der Waals surface area (Å²) in [5.74, 6) is 0.373. The van der Waals surface area contributed by atoms with Crippen LogP contribution in [0.5, 0.6) is 5.75 Å². The maximum atomic E-state index is 11.8. The molecule has 0 aliphatic rings. The van der Waals surface area contributed by atoms with Crippen molar-refractivity contribution in [3.63, 3.8) is 0 Å². The molecular weight excluding hydrogens is 408 g/mol. The van der Waals surface area contributed by atoms with Crippen molar-refractivity contribution in [2.75, 3.05) is 19.8 Å². The van der Waals surface area contributed by atoms with Crippen LogP contribution < -0.4 is 10.1 Å². The Morgan fingerprint density at radius 1 is 1.28 bits per heavy atom. The fourth-order valence-electron chi connectivity index (χ4n) is 2.59. The zero-order valence-corrected chi connectivity index (χ0v) is 17.2. The van der Waals surface area contributed by atoms with Gasteiger partial charge in [-0.25, -0.2) is 0 Å². The molecule has 2 N–H and O–H groups in total. The van der Waals surface area contributed by atoms with Crippen LogP contribution in [-0.4, -0.2) is 35.8 Å². The van der Waals surface area contributed by atoms with Crippen molar-refractivity contribution < 1.29 is 14.6 Å². The topological polar surface area (TPSA) is 71.5 Å². The summed E-state index contributed by atoms with van der Waals surface area (Å²) in [6.45, 7) is 0.818. The number of nitrogens with zero attached hydrogens (tertiary/aromatic N) is 1. The first-order valence-electron chi connectivity index (χ1n) is 9.14.